The van der Waals surface area contributed by atoms with Crippen LogP contribution in [0.25, 0.3) is 11.1 Å². The van der Waals surface area contributed by atoms with Gasteiger partial charge < -0.3 is 15.6 Å². The van der Waals surface area contributed by atoms with Crippen molar-refractivity contribution in [3.8, 4) is 0 Å². The van der Waals surface area contributed by atoms with Gasteiger partial charge in [-0.05, 0) is 44.6 Å². The molecule has 2 heterocycles. The number of nitrogens with zero attached hydrogens (tertiary/aromatic N) is 2. The Labute approximate surface area is 140 Å². The lowest BCUT2D eigenvalue weighted by Crippen LogP contribution is -2.38. The van der Waals surface area contributed by atoms with Crippen LogP contribution in [0.15, 0.2) is 10.6 Å². The summed E-state index contributed by atoms with van der Waals surface area (Å²) in [4.78, 5) is 17.1. The highest BCUT2D eigenvalue weighted by atomic mass is 35.5. The first-order valence-electron chi connectivity index (χ1n) is 7.94. The van der Waals surface area contributed by atoms with Crippen LogP contribution < -0.4 is 11.1 Å². The Morgan fingerprint density at radius 3 is 2.83 bits per heavy atom. The Kier molecular flexibility index (Phi) is 4.29. The van der Waals surface area contributed by atoms with Crippen LogP contribution in [0.1, 0.15) is 53.3 Å². The maximum atomic E-state index is 12.6. The number of carbonyl (C=O) groups is 1. The standard InChI is InChI=1S/C16H20N4O2.ClH/c1-8-14-11(15(21)18-7-12(17)9-2-3-9)6-13(10-4-5-10)19-16(14)22-20-8;/h6,9-10,12H,2-5,7,17H2,1H3,(H,18,21);1H. The Balaban J connectivity index is 0.00000156. The van der Waals surface area contributed by atoms with E-state index in [1.54, 1.807) is 0 Å². The van der Waals surface area contributed by atoms with E-state index >= 15 is 0 Å². The molecular weight excluding hydrogens is 316 g/mol. The van der Waals surface area contributed by atoms with Crippen molar-refractivity contribution >= 4 is 29.4 Å². The lowest BCUT2D eigenvalue weighted by Gasteiger charge is -2.12. The monoisotopic (exact) mass is 336 g/mol. The molecule has 2 aliphatic rings. The number of hydrogen-bond acceptors (Lipinski definition) is 5. The molecule has 0 spiro atoms. The van der Waals surface area contributed by atoms with E-state index in [2.05, 4.69) is 15.5 Å². The summed E-state index contributed by atoms with van der Waals surface area (Å²) in [6, 6.07) is 1.94. The second-order valence-corrected chi connectivity index (χ2v) is 6.53. The predicted molar refractivity (Wildman–Crippen MR) is 88.8 cm³/mol. The first-order valence-corrected chi connectivity index (χ1v) is 7.94. The summed E-state index contributed by atoms with van der Waals surface area (Å²) in [5, 5.41) is 7.62. The molecule has 2 fully saturated rings. The number of rotatable bonds is 5. The predicted octanol–water partition coefficient (Wildman–Crippen LogP) is 2.30. The van der Waals surface area contributed by atoms with E-state index < -0.39 is 0 Å². The Hall–Kier alpha value is -1.66. The third-order valence-corrected chi connectivity index (χ3v) is 4.60. The van der Waals surface area contributed by atoms with Gasteiger partial charge in [-0.25, -0.2) is 4.98 Å². The molecular formula is C16H21ClN4O2. The molecule has 124 valence electrons. The van der Waals surface area contributed by atoms with Gasteiger partial charge in [-0.2, -0.15) is 0 Å². The summed E-state index contributed by atoms with van der Waals surface area (Å²) in [5.74, 6) is 0.906. The Bertz CT molecular complexity index is 737. The largest absolute Gasteiger partial charge is 0.350 e. The van der Waals surface area contributed by atoms with E-state index in [9.17, 15) is 4.79 Å². The summed E-state index contributed by atoms with van der Waals surface area (Å²) in [5.41, 5.74) is 8.75. The minimum Gasteiger partial charge on any atom is -0.350 e. The Morgan fingerprint density at radius 2 is 2.17 bits per heavy atom. The number of amides is 1. The SMILES string of the molecule is Cc1noc2nc(C3CC3)cc(C(=O)NCC(N)C3CC3)c12.Cl. The Morgan fingerprint density at radius 1 is 1.43 bits per heavy atom. The van der Waals surface area contributed by atoms with E-state index in [4.69, 9.17) is 10.3 Å². The molecule has 1 unspecified atom stereocenters. The van der Waals surface area contributed by atoms with Crippen LogP contribution in [-0.4, -0.2) is 28.6 Å². The molecule has 0 aliphatic heterocycles. The van der Waals surface area contributed by atoms with Gasteiger partial charge in [0.2, 0.25) is 0 Å². The van der Waals surface area contributed by atoms with Gasteiger partial charge in [0.15, 0.2) is 0 Å². The minimum absolute atomic E-state index is 0. The zero-order chi connectivity index (χ0) is 15.3. The summed E-state index contributed by atoms with van der Waals surface area (Å²) in [7, 11) is 0. The highest BCUT2D eigenvalue weighted by Gasteiger charge is 2.30. The van der Waals surface area contributed by atoms with Gasteiger partial charge in [-0.3, -0.25) is 4.79 Å². The molecule has 6 nitrogen and oxygen atoms in total. The smallest absolute Gasteiger partial charge is 0.259 e. The van der Waals surface area contributed by atoms with Crippen molar-refractivity contribution in [2.75, 3.05) is 6.54 Å². The molecule has 7 heteroatoms. The van der Waals surface area contributed by atoms with Gasteiger partial charge in [0.25, 0.3) is 11.6 Å². The summed E-state index contributed by atoms with van der Waals surface area (Å²) in [6.45, 7) is 2.34. The highest BCUT2D eigenvalue weighted by molar-refractivity contribution is 6.06. The number of pyridine rings is 1. The zero-order valence-corrected chi connectivity index (χ0v) is 13.9. The molecule has 0 radical (unpaired) electrons. The van der Waals surface area contributed by atoms with Crippen molar-refractivity contribution in [3.05, 3.63) is 23.0 Å². The van der Waals surface area contributed by atoms with Crippen LogP contribution in [0.3, 0.4) is 0 Å². The number of aryl methyl sites for hydroxylation is 1. The molecule has 1 amide bonds. The number of halogens is 1. The molecule has 1 atom stereocenters. The van der Waals surface area contributed by atoms with Gasteiger partial charge in [0.1, 0.15) is 0 Å². The molecule has 0 saturated heterocycles. The average molecular weight is 337 g/mol. The lowest BCUT2D eigenvalue weighted by molar-refractivity contribution is 0.0951. The number of nitrogens with one attached hydrogen (secondary N) is 1. The second-order valence-electron chi connectivity index (χ2n) is 6.53. The highest BCUT2D eigenvalue weighted by Crippen LogP contribution is 2.40. The molecule has 2 aromatic heterocycles. The fraction of sp³-hybridized carbons (Fsp3) is 0.562. The van der Waals surface area contributed by atoms with Crippen LogP contribution in [0.5, 0.6) is 0 Å². The molecule has 0 bridgehead atoms. The van der Waals surface area contributed by atoms with Crippen molar-refractivity contribution in [1.29, 1.82) is 0 Å². The molecule has 3 N–H and O–H groups in total. The molecule has 2 aliphatic carbocycles. The number of carbonyl (C=O) groups excluding carboxylic acids is 1. The van der Waals surface area contributed by atoms with Crippen LogP contribution in [0.2, 0.25) is 0 Å². The molecule has 23 heavy (non-hydrogen) atoms. The van der Waals surface area contributed by atoms with Crippen molar-refractivity contribution in [1.82, 2.24) is 15.5 Å². The van der Waals surface area contributed by atoms with Crippen LogP contribution in [0.4, 0.5) is 0 Å². The van der Waals surface area contributed by atoms with Crippen molar-refractivity contribution in [2.45, 2.75) is 44.6 Å². The second kappa shape index (κ2) is 6.09. The normalized spacial score (nSPS) is 18.5. The average Bonchev–Trinajstić information content (AvgIpc) is 3.41. The molecule has 2 saturated carbocycles. The zero-order valence-electron chi connectivity index (χ0n) is 13.0. The van der Waals surface area contributed by atoms with Gasteiger partial charge in [0.05, 0.1) is 16.6 Å². The topological polar surface area (TPSA) is 94.0 Å². The van der Waals surface area contributed by atoms with Gasteiger partial charge >= 0.3 is 0 Å². The maximum Gasteiger partial charge on any atom is 0.259 e. The van der Waals surface area contributed by atoms with Crippen LogP contribution in [-0.2, 0) is 0 Å². The lowest BCUT2D eigenvalue weighted by atomic mass is 10.1. The third kappa shape index (κ3) is 3.19. The van der Waals surface area contributed by atoms with Crippen molar-refractivity contribution in [2.24, 2.45) is 11.7 Å². The number of aromatic nitrogens is 2. The van der Waals surface area contributed by atoms with E-state index in [1.165, 1.54) is 12.8 Å². The van der Waals surface area contributed by atoms with Gasteiger partial charge in [0, 0.05) is 24.2 Å². The quantitative estimate of drug-likeness (QED) is 0.873. The van der Waals surface area contributed by atoms with Crippen LogP contribution in [0, 0.1) is 12.8 Å². The number of hydrogen-bond donors (Lipinski definition) is 2. The number of nitrogens with two attached hydrogens (primary N) is 1. The minimum atomic E-state index is -0.114. The maximum absolute atomic E-state index is 12.6. The summed E-state index contributed by atoms with van der Waals surface area (Å²) >= 11 is 0. The van der Waals surface area contributed by atoms with Gasteiger partial charge in [-0.1, -0.05) is 5.16 Å². The summed E-state index contributed by atoms with van der Waals surface area (Å²) in [6.07, 6.45) is 4.60. The fourth-order valence-corrected chi connectivity index (χ4v) is 2.88. The third-order valence-electron chi connectivity index (χ3n) is 4.60. The van der Waals surface area contributed by atoms with E-state index in [0.29, 0.717) is 40.7 Å². The molecule has 2 aromatic rings. The van der Waals surface area contributed by atoms with Gasteiger partial charge in [-0.15, -0.1) is 12.4 Å². The number of fused-ring (bicyclic) bond motifs is 1. The van der Waals surface area contributed by atoms with E-state index in [1.807, 2.05) is 13.0 Å². The van der Waals surface area contributed by atoms with Crippen molar-refractivity contribution < 1.29 is 9.32 Å². The van der Waals surface area contributed by atoms with Crippen LogP contribution >= 0.6 is 12.4 Å². The van der Waals surface area contributed by atoms with E-state index in [0.717, 1.165) is 18.5 Å². The first kappa shape index (κ1) is 16.2. The fourth-order valence-electron chi connectivity index (χ4n) is 2.88. The van der Waals surface area contributed by atoms with Crippen molar-refractivity contribution in [3.63, 3.8) is 0 Å². The first-order chi connectivity index (χ1) is 10.6. The van der Waals surface area contributed by atoms with E-state index in [-0.39, 0.29) is 24.4 Å². The molecule has 0 aromatic carbocycles. The summed E-state index contributed by atoms with van der Waals surface area (Å²) < 4.78 is 5.27. The molecule has 4 rings (SSSR count).